The second-order valence-electron chi connectivity index (χ2n) is 5.86. The van der Waals surface area contributed by atoms with Gasteiger partial charge in [-0.15, -0.1) is 0 Å². The Morgan fingerprint density at radius 3 is 2.04 bits per heavy atom. The largest absolute Gasteiger partial charge is 0.497 e. The first-order chi connectivity index (χ1) is 12.7. The standard InChI is InChI=1S/C19H18F3NO4/c1-27-16-8-4-13(5-9-16)10-17(24)23(12-18(25)26)11-14-2-6-15(7-3-14)19(20,21)22/h2-9H,10-12H2,1H3,(H,25,26). The molecule has 5 nitrogen and oxygen atoms in total. The second-order valence-corrected chi connectivity index (χ2v) is 5.86. The smallest absolute Gasteiger partial charge is 0.416 e. The highest BCUT2D eigenvalue weighted by Crippen LogP contribution is 2.29. The lowest BCUT2D eigenvalue weighted by Gasteiger charge is -2.21. The molecule has 1 N–H and O–H groups in total. The van der Waals surface area contributed by atoms with Gasteiger partial charge in [-0.05, 0) is 35.4 Å². The molecule has 0 unspecified atom stereocenters. The Labute approximate surface area is 154 Å². The van der Waals surface area contributed by atoms with Crippen molar-refractivity contribution in [2.24, 2.45) is 0 Å². The van der Waals surface area contributed by atoms with Crippen molar-refractivity contribution in [3.8, 4) is 5.75 Å². The average Bonchev–Trinajstić information content (AvgIpc) is 2.61. The molecule has 0 radical (unpaired) electrons. The number of amides is 1. The van der Waals surface area contributed by atoms with Crippen molar-refractivity contribution in [2.75, 3.05) is 13.7 Å². The van der Waals surface area contributed by atoms with Crippen LogP contribution in [0.5, 0.6) is 5.75 Å². The summed E-state index contributed by atoms with van der Waals surface area (Å²) < 4.78 is 42.9. The number of halogens is 3. The number of carboxylic acids is 1. The Balaban J connectivity index is 2.11. The molecule has 0 bridgehead atoms. The zero-order valence-electron chi connectivity index (χ0n) is 14.5. The van der Waals surface area contributed by atoms with E-state index >= 15 is 0 Å². The van der Waals surface area contributed by atoms with E-state index in [1.165, 1.54) is 19.2 Å². The number of aliphatic carboxylic acids is 1. The molecule has 0 saturated carbocycles. The Morgan fingerprint density at radius 1 is 1.00 bits per heavy atom. The predicted molar refractivity (Wildman–Crippen MR) is 91.2 cm³/mol. The fourth-order valence-electron chi connectivity index (χ4n) is 2.44. The first-order valence-electron chi connectivity index (χ1n) is 7.97. The number of hydrogen-bond acceptors (Lipinski definition) is 3. The van der Waals surface area contributed by atoms with E-state index in [2.05, 4.69) is 0 Å². The van der Waals surface area contributed by atoms with Crippen LogP contribution in [0.4, 0.5) is 13.2 Å². The highest BCUT2D eigenvalue weighted by Gasteiger charge is 2.30. The summed E-state index contributed by atoms with van der Waals surface area (Å²) in [6.07, 6.45) is -4.48. The minimum Gasteiger partial charge on any atom is -0.497 e. The zero-order valence-corrected chi connectivity index (χ0v) is 14.5. The molecule has 0 spiro atoms. The number of alkyl halides is 3. The minimum absolute atomic E-state index is 0.0299. The maximum Gasteiger partial charge on any atom is 0.416 e. The molecular formula is C19H18F3NO4. The lowest BCUT2D eigenvalue weighted by atomic mass is 10.1. The number of ether oxygens (including phenoxy) is 1. The van der Waals surface area contributed by atoms with Gasteiger partial charge in [0.15, 0.2) is 0 Å². The van der Waals surface area contributed by atoms with Crippen LogP contribution < -0.4 is 4.74 Å². The summed E-state index contributed by atoms with van der Waals surface area (Å²) in [6, 6.07) is 11.0. The molecule has 2 aromatic carbocycles. The van der Waals surface area contributed by atoms with Crippen LogP contribution in [-0.2, 0) is 28.7 Å². The molecule has 0 atom stereocenters. The van der Waals surface area contributed by atoms with Crippen LogP contribution in [0, 0.1) is 0 Å². The number of carbonyl (C=O) groups is 2. The SMILES string of the molecule is COc1ccc(CC(=O)N(CC(=O)O)Cc2ccc(C(F)(F)F)cc2)cc1. The molecule has 8 heteroatoms. The second kappa shape index (κ2) is 8.57. The van der Waals surface area contributed by atoms with E-state index in [9.17, 15) is 22.8 Å². The van der Waals surface area contributed by atoms with Crippen LogP contribution in [0.3, 0.4) is 0 Å². The van der Waals surface area contributed by atoms with E-state index in [-0.39, 0.29) is 13.0 Å². The molecule has 0 heterocycles. The number of rotatable bonds is 7. The number of carboxylic acid groups (broad SMARTS) is 1. The topological polar surface area (TPSA) is 66.8 Å². The summed E-state index contributed by atoms with van der Waals surface area (Å²) in [5.41, 5.74) is 0.275. The lowest BCUT2D eigenvalue weighted by Crippen LogP contribution is -2.36. The van der Waals surface area contributed by atoms with E-state index in [4.69, 9.17) is 9.84 Å². The van der Waals surface area contributed by atoms with Crippen molar-refractivity contribution in [3.05, 3.63) is 65.2 Å². The molecule has 0 fully saturated rings. The van der Waals surface area contributed by atoms with Crippen molar-refractivity contribution in [3.63, 3.8) is 0 Å². The van der Waals surface area contributed by atoms with Crippen LogP contribution in [0.25, 0.3) is 0 Å². The molecule has 0 saturated heterocycles. The van der Waals surface area contributed by atoms with Crippen molar-refractivity contribution in [2.45, 2.75) is 19.1 Å². The summed E-state index contributed by atoms with van der Waals surface area (Å²) in [4.78, 5) is 24.6. The molecule has 0 aliphatic carbocycles. The van der Waals surface area contributed by atoms with E-state index in [1.54, 1.807) is 24.3 Å². The third kappa shape index (κ3) is 6.02. The number of nitrogens with zero attached hydrogens (tertiary/aromatic N) is 1. The molecule has 2 aromatic rings. The van der Waals surface area contributed by atoms with Gasteiger partial charge < -0.3 is 14.7 Å². The van der Waals surface area contributed by atoms with Gasteiger partial charge in [-0.25, -0.2) is 0 Å². The first kappa shape index (κ1) is 20.3. The fourth-order valence-corrected chi connectivity index (χ4v) is 2.44. The van der Waals surface area contributed by atoms with E-state index in [0.717, 1.165) is 17.0 Å². The third-order valence-electron chi connectivity index (χ3n) is 3.85. The molecule has 1 amide bonds. The van der Waals surface area contributed by atoms with Gasteiger partial charge in [0.25, 0.3) is 0 Å². The fraction of sp³-hybridized carbons (Fsp3) is 0.263. The van der Waals surface area contributed by atoms with Gasteiger partial charge in [-0.1, -0.05) is 24.3 Å². The van der Waals surface area contributed by atoms with Crippen LogP contribution in [-0.4, -0.2) is 35.5 Å². The average molecular weight is 381 g/mol. The zero-order chi connectivity index (χ0) is 20.0. The van der Waals surface area contributed by atoms with Crippen molar-refractivity contribution in [1.82, 2.24) is 4.90 Å². The summed E-state index contributed by atoms with van der Waals surface area (Å²) in [6.45, 7) is -0.643. The number of carbonyl (C=O) groups excluding carboxylic acids is 1. The number of methoxy groups -OCH3 is 1. The summed E-state index contributed by atoms with van der Waals surface area (Å²) >= 11 is 0. The Bertz CT molecular complexity index is 786. The van der Waals surface area contributed by atoms with Crippen molar-refractivity contribution in [1.29, 1.82) is 0 Å². The van der Waals surface area contributed by atoms with Crippen molar-refractivity contribution >= 4 is 11.9 Å². The maximum absolute atomic E-state index is 12.6. The molecule has 0 aliphatic rings. The van der Waals surface area contributed by atoms with E-state index in [1.807, 2.05) is 0 Å². The highest BCUT2D eigenvalue weighted by molar-refractivity contribution is 5.83. The highest BCUT2D eigenvalue weighted by atomic mass is 19.4. The van der Waals surface area contributed by atoms with Gasteiger partial charge in [0.2, 0.25) is 5.91 Å². The van der Waals surface area contributed by atoms with Crippen LogP contribution in [0.15, 0.2) is 48.5 Å². The summed E-state index contributed by atoms with van der Waals surface area (Å²) in [5, 5.41) is 9.04. The van der Waals surface area contributed by atoms with Gasteiger partial charge in [0.1, 0.15) is 12.3 Å². The Morgan fingerprint density at radius 2 is 1.56 bits per heavy atom. The molecule has 2 rings (SSSR count). The molecule has 144 valence electrons. The number of hydrogen-bond donors (Lipinski definition) is 1. The molecule has 0 aliphatic heterocycles. The van der Waals surface area contributed by atoms with Crippen LogP contribution in [0.2, 0.25) is 0 Å². The van der Waals surface area contributed by atoms with Gasteiger partial charge >= 0.3 is 12.1 Å². The normalized spacial score (nSPS) is 11.1. The van der Waals surface area contributed by atoms with Gasteiger partial charge in [0, 0.05) is 6.54 Å². The summed E-state index contributed by atoms with van der Waals surface area (Å²) in [7, 11) is 1.51. The Hall–Kier alpha value is -3.03. The van der Waals surface area contributed by atoms with E-state index < -0.39 is 30.2 Å². The quantitative estimate of drug-likeness (QED) is 0.799. The lowest BCUT2D eigenvalue weighted by molar-refractivity contribution is -0.144. The first-order valence-corrected chi connectivity index (χ1v) is 7.97. The minimum atomic E-state index is -4.45. The number of benzene rings is 2. The van der Waals surface area contributed by atoms with E-state index in [0.29, 0.717) is 16.9 Å². The van der Waals surface area contributed by atoms with Crippen LogP contribution >= 0.6 is 0 Å². The molecule has 27 heavy (non-hydrogen) atoms. The summed E-state index contributed by atoms with van der Waals surface area (Å²) in [5.74, 6) is -1.02. The molecule has 0 aromatic heterocycles. The maximum atomic E-state index is 12.6. The monoisotopic (exact) mass is 381 g/mol. The van der Waals surface area contributed by atoms with Gasteiger partial charge in [-0.3, -0.25) is 9.59 Å². The van der Waals surface area contributed by atoms with Gasteiger partial charge in [0.05, 0.1) is 19.1 Å². The predicted octanol–water partition coefficient (Wildman–Crippen LogP) is 3.37. The Kier molecular flexibility index (Phi) is 6.44. The van der Waals surface area contributed by atoms with Crippen LogP contribution in [0.1, 0.15) is 16.7 Å². The van der Waals surface area contributed by atoms with Crippen molar-refractivity contribution < 1.29 is 32.6 Å². The third-order valence-corrected chi connectivity index (χ3v) is 3.85. The molecular weight excluding hydrogens is 363 g/mol. The van der Waals surface area contributed by atoms with Gasteiger partial charge in [-0.2, -0.15) is 13.2 Å².